The quantitative estimate of drug-likeness (QED) is 0.808. The molecule has 3 fully saturated rings. The van der Waals surface area contributed by atoms with Gasteiger partial charge in [-0.05, 0) is 52.0 Å². The second-order valence-electron chi connectivity index (χ2n) is 8.22. The second kappa shape index (κ2) is 8.00. The molecule has 0 aliphatic carbocycles. The van der Waals surface area contributed by atoms with E-state index in [9.17, 15) is 9.59 Å². The average Bonchev–Trinajstić information content (AvgIpc) is 3.39. The van der Waals surface area contributed by atoms with Crippen LogP contribution in [0.1, 0.15) is 54.8 Å². The molecule has 0 unspecified atom stereocenters. The highest BCUT2D eigenvalue weighted by Gasteiger charge is 2.35. The smallest absolute Gasteiger partial charge is 0.292 e. The molecule has 0 saturated carbocycles. The molecular formula is C20H30N4O3. The van der Waals surface area contributed by atoms with Crippen molar-refractivity contribution in [3.05, 3.63) is 17.5 Å². The van der Waals surface area contributed by atoms with Crippen LogP contribution in [0.15, 0.2) is 10.6 Å². The number of likely N-dealkylation sites (tertiary alicyclic amines) is 3. The van der Waals surface area contributed by atoms with Gasteiger partial charge in [0.05, 0.1) is 11.6 Å². The molecule has 7 heteroatoms. The van der Waals surface area contributed by atoms with E-state index in [1.165, 1.54) is 0 Å². The molecule has 1 aromatic rings. The van der Waals surface area contributed by atoms with Crippen molar-refractivity contribution in [2.24, 2.45) is 5.92 Å². The molecule has 27 heavy (non-hydrogen) atoms. The largest absolute Gasteiger partial charge is 0.351 e. The molecule has 0 radical (unpaired) electrons. The normalized spacial score (nSPS) is 25.1. The highest BCUT2D eigenvalue weighted by Crippen LogP contribution is 2.26. The number of hydrogen-bond donors (Lipinski definition) is 0. The van der Waals surface area contributed by atoms with Crippen LogP contribution >= 0.6 is 0 Å². The van der Waals surface area contributed by atoms with Crippen LogP contribution in [0.2, 0.25) is 0 Å². The monoisotopic (exact) mass is 374 g/mol. The van der Waals surface area contributed by atoms with Gasteiger partial charge < -0.3 is 14.3 Å². The number of carbonyl (C=O) groups is 2. The van der Waals surface area contributed by atoms with Gasteiger partial charge in [-0.15, -0.1) is 0 Å². The van der Waals surface area contributed by atoms with Crippen LogP contribution in [0, 0.1) is 12.8 Å². The van der Waals surface area contributed by atoms with Crippen molar-refractivity contribution >= 4 is 11.8 Å². The van der Waals surface area contributed by atoms with Crippen LogP contribution < -0.4 is 0 Å². The summed E-state index contributed by atoms with van der Waals surface area (Å²) in [6.45, 7) is 7.14. The van der Waals surface area contributed by atoms with E-state index in [1.807, 2.05) is 11.8 Å². The number of aromatic nitrogens is 1. The number of carbonyl (C=O) groups excluding carboxylic acids is 2. The van der Waals surface area contributed by atoms with Crippen molar-refractivity contribution in [2.75, 3.05) is 39.3 Å². The first-order valence-corrected chi connectivity index (χ1v) is 10.4. The molecule has 4 heterocycles. The first kappa shape index (κ1) is 18.5. The summed E-state index contributed by atoms with van der Waals surface area (Å²) in [4.78, 5) is 31.7. The van der Waals surface area contributed by atoms with Crippen LogP contribution in [-0.2, 0) is 4.79 Å². The predicted molar refractivity (Wildman–Crippen MR) is 100 cm³/mol. The van der Waals surface area contributed by atoms with Crippen molar-refractivity contribution in [1.29, 1.82) is 0 Å². The van der Waals surface area contributed by atoms with Crippen molar-refractivity contribution in [3.63, 3.8) is 0 Å². The Balaban J connectivity index is 1.30. The SMILES string of the molecule is Cc1cc(C(=O)N2CCC(N3CCC[C@H](C(=O)N4CCCC4)C3)CC2)on1. The lowest BCUT2D eigenvalue weighted by molar-refractivity contribution is -0.136. The molecule has 3 saturated heterocycles. The van der Waals surface area contributed by atoms with Gasteiger partial charge in [-0.3, -0.25) is 14.5 Å². The minimum Gasteiger partial charge on any atom is -0.351 e. The molecule has 2 amide bonds. The standard InChI is InChI=1S/C20H30N4O3/c1-15-13-18(27-21-15)20(26)23-11-6-17(7-12-23)24-10-4-5-16(14-24)19(25)22-8-2-3-9-22/h13,16-17H,2-12,14H2,1H3/t16-/m0/s1. The Morgan fingerprint density at radius 1 is 1.00 bits per heavy atom. The lowest BCUT2D eigenvalue weighted by Crippen LogP contribution is -2.51. The summed E-state index contributed by atoms with van der Waals surface area (Å²) in [5.41, 5.74) is 0.732. The Bertz CT molecular complexity index is 675. The fraction of sp³-hybridized carbons (Fsp3) is 0.750. The minimum absolute atomic E-state index is 0.0604. The van der Waals surface area contributed by atoms with Gasteiger partial charge in [0.2, 0.25) is 11.7 Å². The molecule has 1 atom stereocenters. The van der Waals surface area contributed by atoms with E-state index < -0.39 is 0 Å². The Morgan fingerprint density at radius 2 is 1.74 bits per heavy atom. The fourth-order valence-corrected chi connectivity index (χ4v) is 4.79. The van der Waals surface area contributed by atoms with E-state index >= 15 is 0 Å². The van der Waals surface area contributed by atoms with E-state index in [2.05, 4.69) is 15.0 Å². The summed E-state index contributed by atoms with van der Waals surface area (Å²) in [7, 11) is 0. The van der Waals surface area contributed by atoms with E-state index in [0.29, 0.717) is 17.7 Å². The molecule has 3 aliphatic heterocycles. The van der Waals surface area contributed by atoms with Crippen LogP contribution in [0.25, 0.3) is 0 Å². The van der Waals surface area contributed by atoms with E-state index in [-0.39, 0.29) is 11.8 Å². The van der Waals surface area contributed by atoms with Crippen LogP contribution in [0.4, 0.5) is 0 Å². The first-order chi connectivity index (χ1) is 13.1. The Morgan fingerprint density at radius 3 is 2.41 bits per heavy atom. The van der Waals surface area contributed by atoms with Gasteiger partial charge in [-0.2, -0.15) is 0 Å². The topological polar surface area (TPSA) is 69.9 Å². The third-order valence-corrected chi connectivity index (χ3v) is 6.33. The molecule has 0 bridgehead atoms. The molecule has 148 valence electrons. The fourth-order valence-electron chi connectivity index (χ4n) is 4.79. The number of aryl methyl sites for hydroxylation is 1. The molecule has 1 aromatic heterocycles. The predicted octanol–water partition coefficient (Wildman–Crippen LogP) is 1.92. The Kier molecular flexibility index (Phi) is 5.48. The lowest BCUT2D eigenvalue weighted by Gasteiger charge is -2.42. The van der Waals surface area contributed by atoms with Gasteiger partial charge in [-0.25, -0.2) is 0 Å². The van der Waals surface area contributed by atoms with Crippen LogP contribution in [-0.4, -0.2) is 77.0 Å². The van der Waals surface area contributed by atoms with Crippen molar-refractivity contribution < 1.29 is 14.1 Å². The Labute approximate surface area is 160 Å². The summed E-state index contributed by atoms with van der Waals surface area (Å²) in [5.74, 6) is 0.800. The molecule has 0 spiro atoms. The van der Waals surface area contributed by atoms with Crippen molar-refractivity contribution in [1.82, 2.24) is 19.9 Å². The second-order valence-corrected chi connectivity index (χ2v) is 8.22. The maximum atomic E-state index is 12.8. The zero-order chi connectivity index (χ0) is 18.8. The summed E-state index contributed by atoms with van der Waals surface area (Å²) >= 11 is 0. The molecular weight excluding hydrogens is 344 g/mol. The summed E-state index contributed by atoms with van der Waals surface area (Å²) in [5, 5.41) is 3.81. The maximum Gasteiger partial charge on any atom is 0.292 e. The average molecular weight is 374 g/mol. The number of piperidine rings is 2. The number of rotatable bonds is 3. The third-order valence-electron chi connectivity index (χ3n) is 6.33. The summed E-state index contributed by atoms with van der Waals surface area (Å²) in [6, 6.07) is 2.17. The molecule has 0 N–H and O–H groups in total. The van der Waals surface area contributed by atoms with Gasteiger partial charge in [-0.1, -0.05) is 5.16 Å². The van der Waals surface area contributed by atoms with Crippen LogP contribution in [0.3, 0.4) is 0 Å². The summed E-state index contributed by atoms with van der Waals surface area (Å²) in [6.07, 6.45) is 6.35. The maximum absolute atomic E-state index is 12.8. The number of hydrogen-bond acceptors (Lipinski definition) is 5. The minimum atomic E-state index is -0.0604. The highest BCUT2D eigenvalue weighted by atomic mass is 16.5. The summed E-state index contributed by atoms with van der Waals surface area (Å²) < 4.78 is 5.12. The van der Waals surface area contributed by atoms with Gasteiger partial charge >= 0.3 is 0 Å². The van der Waals surface area contributed by atoms with Gasteiger partial charge in [0, 0.05) is 44.8 Å². The van der Waals surface area contributed by atoms with Crippen LogP contribution in [0.5, 0.6) is 0 Å². The highest BCUT2D eigenvalue weighted by molar-refractivity contribution is 5.91. The molecule has 3 aliphatic rings. The van der Waals surface area contributed by atoms with E-state index in [1.54, 1.807) is 6.07 Å². The van der Waals surface area contributed by atoms with E-state index in [0.717, 1.165) is 83.5 Å². The molecule has 0 aromatic carbocycles. The zero-order valence-corrected chi connectivity index (χ0v) is 16.2. The molecule has 4 rings (SSSR count). The first-order valence-electron chi connectivity index (χ1n) is 10.4. The van der Waals surface area contributed by atoms with E-state index in [4.69, 9.17) is 4.52 Å². The number of amides is 2. The Hall–Kier alpha value is -1.89. The van der Waals surface area contributed by atoms with Gasteiger partial charge in [0.1, 0.15) is 0 Å². The van der Waals surface area contributed by atoms with Gasteiger partial charge in [0.25, 0.3) is 5.91 Å². The number of nitrogens with zero attached hydrogens (tertiary/aromatic N) is 4. The lowest BCUT2D eigenvalue weighted by atomic mass is 9.93. The molecule has 7 nitrogen and oxygen atoms in total. The van der Waals surface area contributed by atoms with Gasteiger partial charge in [0.15, 0.2) is 0 Å². The zero-order valence-electron chi connectivity index (χ0n) is 16.2. The van der Waals surface area contributed by atoms with Crippen molar-refractivity contribution in [2.45, 2.75) is 51.5 Å². The van der Waals surface area contributed by atoms with Crippen molar-refractivity contribution in [3.8, 4) is 0 Å². The third kappa shape index (κ3) is 4.03.